The number of carboxylic acid groups (broad SMARTS) is 1. The van der Waals surface area contributed by atoms with E-state index >= 15 is 0 Å². The van der Waals surface area contributed by atoms with Crippen LogP contribution in [0.4, 0.5) is 0 Å². The molecule has 0 aliphatic rings. The minimum atomic E-state index is -3.44. The first kappa shape index (κ1) is 17.9. The van der Waals surface area contributed by atoms with E-state index in [0.717, 1.165) is 0 Å². The summed E-state index contributed by atoms with van der Waals surface area (Å²) in [5.74, 6) is -0.907. The summed E-state index contributed by atoms with van der Waals surface area (Å²) < 4.78 is 24.2. The molecule has 0 radical (unpaired) electrons. The van der Waals surface area contributed by atoms with Gasteiger partial charge in [-0.15, -0.1) is 0 Å². The lowest BCUT2D eigenvalue weighted by Crippen LogP contribution is -2.40. The second-order valence-electron chi connectivity index (χ2n) is 5.25. The van der Waals surface area contributed by atoms with Crippen molar-refractivity contribution in [1.82, 2.24) is 5.32 Å². The molecule has 0 amide bonds. The Morgan fingerprint density at radius 1 is 1.29 bits per heavy atom. The molecular weight excluding hydrogens is 314 g/mol. The van der Waals surface area contributed by atoms with E-state index in [1.165, 1.54) is 24.3 Å². The van der Waals surface area contributed by atoms with Crippen molar-refractivity contribution in [3.05, 3.63) is 29.3 Å². The van der Waals surface area contributed by atoms with Gasteiger partial charge in [0, 0.05) is 11.6 Å². The van der Waals surface area contributed by atoms with Gasteiger partial charge in [0.2, 0.25) is 0 Å². The summed E-state index contributed by atoms with van der Waals surface area (Å²) in [6, 6.07) is 5.19. The minimum absolute atomic E-state index is 0.0919. The van der Waals surface area contributed by atoms with E-state index < -0.39 is 21.8 Å². The Labute approximate surface area is 130 Å². The molecule has 0 saturated carbocycles. The summed E-state index contributed by atoms with van der Waals surface area (Å²) >= 11 is 5.72. The number of rotatable bonds is 8. The quantitative estimate of drug-likeness (QED) is 0.762. The third-order valence-electron chi connectivity index (χ3n) is 2.94. The van der Waals surface area contributed by atoms with E-state index in [1.807, 2.05) is 13.8 Å². The Kier molecular flexibility index (Phi) is 6.64. The van der Waals surface area contributed by atoms with Crippen molar-refractivity contribution < 1.29 is 18.3 Å². The number of hydrogen-bond acceptors (Lipinski definition) is 4. The number of halogens is 1. The molecule has 1 unspecified atom stereocenters. The van der Waals surface area contributed by atoms with Gasteiger partial charge in [-0.25, -0.2) is 8.42 Å². The number of carboxylic acids is 1. The fraction of sp³-hybridized carbons (Fsp3) is 0.500. The normalized spacial score (nSPS) is 13.3. The smallest absolute Gasteiger partial charge is 0.320 e. The van der Waals surface area contributed by atoms with Crippen LogP contribution in [-0.4, -0.2) is 37.8 Å². The lowest BCUT2D eigenvalue weighted by Gasteiger charge is -2.16. The van der Waals surface area contributed by atoms with Crippen LogP contribution in [0.3, 0.4) is 0 Å². The van der Waals surface area contributed by atoms with Crippen LogP contribution in [0.1, 0.15) is 20.3 Å². The van der Waals surface area contributed by atoms with Gasteiger partial charge in [-0.1, -0.05) is 25.4 Å². The van der Waals surface area contributed by atoms with Crippen molar-refractivity contribution in [2.75, 3.05) is 12.3 Å². The molecule has 0 spiro atoms. The van der Waals surface area contributed by atoms with Crippen LogP contribution < -0.4 is 5.32 Å². The maximum Gasteiger partial charge on any atom is 0.320 e. The number of benzene rings is 1. The van der Waals surface area contributed by atoms with Gasteiger partial charge in [0.1, 0.15) is 6.04 Å². The van der Waals surface area contributed by atoms with E-state index in [4.69, 9.17) is 16.7 Å². The Hall–Kier alpha value is -1.11. The van der Waals surface area contributed by atoms with Gasteiger partial charge < -0.3 is 10.4 Å². The van der Waals surface area contributed by atoms with Crippen molar-refractivity contribution in [3.63, 3.8) is 0 Å². The lowest BCUT2D eigenvalue weighted by molar-refractivity contribution is -0.139. The van der Waals surface area contributed by atoms with Crippen LogP contribution >= 0.6 is 11.6 Å². The maximum atomic E-state index is 12.1. The van der Waals surface area contributed by atoms with Crippen molar-refractivity contribution in [1.29, 1.82) is 0 Å². The standard InChI is InChI=1S/C14H20ClNO4S/c1-10(2)9-13(14(17)18)16-7-8-21(19,20)12-5-3-11(15)4-6-12/h3-6,10,13,16H,7-9H2,1-2H3,(H,17,18). The molecular formula is C14H20ClNO4S. The first-order valence-electron chi connectivity index (χ1n) is 6.67. The van der Waals surface area contributed by atoms with Crippen LogP contribution in [-0.2, 0) is 14.6 Å². The Morgan fingerprint density at radius 2 is 1.86 bits per heavy atom. The van der Waals surface area contributed by atoms with Crippen molar-refractivity contribution in [2.45, 2.75) is 31.2 Å². The fourth-order valence-corrected chi connectivity index (χ4v) is 3.17. The average Bonchev–Trinajstić information content (AvgIpc) is 2.37. The van der Waals surface area contributed by atoms with Crippen LogP contribution in [0, 0.1) is 5.92 Å². The van der Waals surface area contributed by atoms with Crippen molar-refractivity contribution in [3.8, 4) is 0 Å². The molecule has 0 aliphatic carbocycles. The largest absolute Gasteiger partial charge is 0.480 e. The summed E-state index contributed by atoms with van der Waals surface area (Å²) in [7, 11) is -3.44. The highest BCUT2D eigenvalue weighted by Gasteiger charge is 2.20. The molecule has 0 bridgehead atoms. The second kappa shape index (κ2) is 7.77. The fourth-order valence-electron chi connectivity index (χ4n) is 1.87. The third kappa shape index (κ3) is 6.03. The molecule has 0 fully saturated rings. The average molecular weight is 334 g/mol. The van der Waals surface area contributed by atoms with Crippen molar-refractivity contribution >= 4 is 27.4 Å². The lowest BCUT2D eigenvalue weighted by atomic mass is 10.0. The van der Waals surface area contributed by atoms with Crippen LogP contribution in [0.2, 0.25) is 5.02 Å². The monoisotopic (exact) mass is 333 g/mol. The summed E-state index contributed by atoms with van der Waals surface area (Å²) in [6.45, 7) is 3.93. The molecule has 21 heavy (non-hydrogen) atoms. The first-order chi connectivity index (χ1) is 9.72. The highest BCUT2D eigenvalue weighted by atomic mass is 35.5. The Morgan fingerprint density at radius 3 is 2.33 bits per heavy atom. The summed E-state index contributed by atoms with van der Waals surface area (Å²) in [5.41, 5.74) is 0. The topological polar surface area (TPSA) is 83.5 Å². The number of sulfone groups is 1. The predicted octanol–water partition coefficient (Wildman–Crippen LogP) is 2.20. The zero-order chi connectivity index (χ0) is 16.0. The molecule has 0 saturated heterocycles. The zero-order valence-corrected chi connectivity index (χ0v) is 13.6. The summed E-state index contributed by atoms with van der Waals surface area (Å²) in [4.78, 5) is 11.3. The molecule has 1 atom stereocenters. The predicted molar refractivity (Wildman–Crippen MR) is 82.4 cm³/mol. The molecule has 5 nitrogen and oxygen atoms in total. The highest BCUT2D eigenvalue weighted by molar-refractivity contribution is 7.91. The van der Waals surface area contributed by atoms with Crippen LogP contribution in [0.5, 0.6) is 0 Å². The second-order valence-corrected chi connectivity index (χ2v) is 7.79. The third-order valence-corrected chi connectivity index (χ3v) is 4.92. The van der Waals surface area contributed by atoms with Gasteiger partial charge >= 0.3 is 5.97 Å². The van der Waals surface area contributed by atoms with Gasteiger partial charge in [-0.3, -0.25) is 4.79 Å². The van der Waals surface area contributed by atoms with E-state index in [2.05, 4.69) is 5.32 Å². The number of nitrogens with one attached hydrogen (secondary N) is 1. The molecule has 0 heterocycles. The molecule has 0 aromatic heterocycles. The summed E-state index contributed by atoms with van der Waals surface area (Å²) in [6.07, 6.45) is 0.455. The Bertz CT molecular complexity index is 569. The number of carbonyl (C=O) groups is 1. The van der Waals surface area contributed by atoms with Gasteiger partial charge in [0.15, 0.2) is 9.84 Å². The zero-order valence-electron chi connectivity index (χ0n) is 12.0. The first-order valence-corrected chi connectivity index (χ1v) is 8.70. The van der Waals surface area contributed by atoms with Gasteiger partial charge in [-0.05, 0) is 36.6 Å². The van der Waals surface area contributed by atoms with E-state index in [1.54, 1.807) is 0 Å². The van der Waals surface area contributed by atoms with Gasteiger partial charge in [0.05, 0.1) is 10.6 Å². The molecule has 118 valence electrons. The van der Waals surface area contributed by atoms with Gasteiger partial charge in [0.25, 0.3) is 0 Å². The molecule has 1 rings (SSSR count). The van der Waals surface area contributed by atoms with E-state index in [-0.39, 0.29) is 23.1 Å². The molecule has 1 aromatic rings. The SMILES string of the molecule is CC(C)CC(NCCS(=O)(=O)c1ccc(Cl)cc1)C(=O)O. The molecule has 2 N–H and O–H groups in total. The highest BCUT2D eigenvalue weighted by Crippen LogP contribution is 2.15. The van der Waals surface area contributed by atoms with E-state index in [9.17, 15) is 13.2 Å². The maximum absolute atomic E-state index is 12.1. The Balaban J connectivity index is 2.61. The van der Waals surface area contributed by atoms with E-state index in [0.29, 0.717) is 11.4 Å². The van der Waals surface area contributed by atoms with Gasteiger partial charge in [-0.2, -0.15) is 0 Å². The minimum Gasteiger partial charge on any atom is -0.480 e. The molecule has 7 heteroatoms. The number of hydrogen-bond donors (Lipinski definition) is 2. The van der Waals surface area contributed by atoms with Crippen molar-refractivity contribution in [2.24, 2.45) is 5.92 Å². The van der Waals surface area contributed by atoms with Crippen LogP contribution in [0.25, 0.3) is 0 Å². The van der Waals surface area contributed by atoms with Crippen LogP contribution in [0.15, 0.2) is 29.2 Å². The number of aliphatic carboxylic acids is 1. The molecule has 1 aromatic carbocycles. The summed E-state index contributed by atoms with van der Waals surface area (Å²) in [5, 5.41) is 12.3. The molecule has 0 aliphatic heterocycles.